The normalized spacial score (nSPS) is 12.1. The first kappa shape index (κ1) is 14.0. The van der Waals surface area contributed by atoms with Gasteiger partial charge >= 0.3 is 6.18 Å². The minimum absolute atomic E-state index is 0.00239. The van der Waals surface area contributed by atoms with Crippen LogP contribution in [-0.2, 0) is 13.1 Å². The van der Waals surface area contributed by atoms with Crippen molar-refractivity contribution in [2.75, 3.05) is 13.6 Å². The number of hydrogen-bond acceptors (Lipinski definition) is 2. The molecule has 1 rings (SSSR count). The second-order valence-electron chi connectivity index (χ2n) is 4.08. The molecule has 0 saturated carbocycles. The van der Waals surface area contributed by atoms with E-state index in [4.69, 9.17) is 5.73 Å². The molecule has 0 aliphatic heterocycles. The van der Waals surface area contributed by atoms with Gasteiger partial charge in [-0.25, -0.2) is 0 Å². The van der Waals surface area contributed by atoms with Gasteiger partial charge in [-0.1, -0.05) is 24.3 Å². The predicted molar refractivity (Wildman–Crippen MR) is 61.3 cm³/mol. The molecule has 0 fully saturated rings. The van der Waals surface area contributed by atoms with Gasteiger partial charge in [-0.05, 0) is 18.2 Å². The van der Waals surface area contributed by atoms with E-state index < -0.39 is 12.6 Å². The second-order valence-corrected chi connectivity index (χ2v) is 4.08. The lowest BCUT2D eigenvalue weighted by atomic mass is 10.1. The zero-order valence-corrected chi connectivity index (χ0v) is 9.80. The maximum absolute atomic E-state index is 12.1. The third-order valence-corrected chi connectivity index (χ3v) is 2.56. The van der Waals surface area contributed by atoms with E-state index >= 15 is 0 Å². The summed E-state index contributed by atoms with van der Waals surface area (Å²) in [6.45, 7) is 0.898. The number of rotatable bonds is 5. The summed E-state index contributed by atoms with van der Waals surface area (Å²) in [4.78, 5) is 1.65. The average Bonchev–Trinajstić information content (AvgIpc) is 2.26. The summed E-state index contributed by atoms with van der Waals surface area (Å²) in [6, 6.07) is 7.53. The van der Waals surface area contributed by atoms with E-state index in [0.29, 0.717) is 13.1 Å². The summed E-state index contributed by atoms with van der Waals surface area (Å²) in [5.74, 6) is 0. The molecular weight excluding hydrogens is 229 g/mol. The summed E-state index contributed by atoms with van der Waals surface area (Å²) < 4.78 is 36.2. The molecule has 0 radical (unpaired) electrons. The van der Waals surface area contributed by atoms with Crippen molar-refractivity contribution in [3.05, 3.63) is 35.4 Å². The van der Waals surface area contributed by atoms with Crippen LogP contribution in [0, 0.1) is 0 Å². The Morgan fingerprint density at radius 3 is 2.29 bits per heavy atom. The Morgan fingerprint density at radius 1 is 1.18 bits per heavy atom. The summed E-state index contributed by atoms with van der Waals surface area (Å²) in [5.41, 5.74) is 7.53. The highest BCUT2D eigenvalue weighted by Gasteiger charge is 2.27. The van der Waals surface area contributed by atoms with E-state index in [1.54, 1.807) is 11.9 Å². The van der Waals surface area contributed by atoms with E-state index in [9.17, 15) is 13.2 Å². The van der Waals surface area contributed by atoms with E-state index in [1.165, 1.54) is 0 Å². The highest BCUT2D eigenvalue weighted by Crippen LogP contribution is 2.20. The number of nitrogens with zero attached hydrogens (tertiary/aromatic N) is 1. The number of alkyl halides is 3. The molecule has 1 aromatic carbocycles. The van der Waals surface area contributed by atoms with Crippen molar-refractivity contribution in [2.45, 2.75) is 25.7 Å². The van der Waals surface area contributed by atoms with Gasteiger partial charge in [0.15, 0.2) is 0 Å². The first-order valence-electron chi connectivity index (χ1n) is 5.44. The fraction of sp³-hybridized carbons (Fsp3) is 0.500. The van der Waals surface area contributed by atoms with Crippen LogP contribution in [-0.4, -0.2) is 24.7 Å². The molecule has 0 atom stereocenters. The van der Waals surface area contributed by atoms with Gasteiger partial charge in [0, 0.05) is 19.6 Å². The van der Waals surface area contributed by atoms with Crippen molar-refractivity contribution in [3.63, 3.8) is 0 Å². The lowest BCUT2D eigenvalue weighted by Gasteiger charge is -2.19. The lowest BCUT2D eigenvalue weighted by Crippen LogP contribution is -2.24. The molecule has 2 nitrogen and oxygen atoms in total. The lowest BCUT2D eigenvalue weighted by molar-refractivity contribution is -0.137. The Labute approximate surface area is 99.2 Å². The highest BCUT2D eigenvalue weighted by atomic mass is 19.4. The molecule has 0 spiro atoms. The van der Waals surface area contributed by atoms with E-state index in [2.05, 4.69) is 0 Å². The van der Waals surface area contributed by atoms with Gasteiger partial charge < -0.3 is 10.6 Å². The van der Waals surface area contributed by atoms with E-state index in [0.717, 1.165) is 11.1 Å². The van der Waals surface area contributed by atoms with Crippen molar-refractivity contribution in [3.8, 4) is 0 Å². The third kappa shape index (κ3) is 5.19. The van der Waals surface area contributed by atoms with Crippen LogP contribution >= 0.6 is 0 Å². The highest BCUT2D eigenvalue weighted by molar-refractivity contribution is 5.26. The van der Waals surface area contributed by atoms with Crippen LogP contribution in [0.15, 0.2) is 24.3 Å². The number of benzene rings is 1. The van der Waals surface area contributed by atoms with Gasteiger partial charge in [0.1, 0.15) is 0 Å². The zero-order chi connectivity index (χ0) is 12.9. The Kier molecular flexibility index (Phi) is 4.96. The van der Waals surface area contributed by atoms with Gasteiger partial charge in [-0.15, -0.1) is 0 Å². The molecule has 0 heterocycles. The Morgan fingerprint density at radius 2 is 1.76 bits per heavy atom. The molecule has 0 bridgehead atoms. The number of nitrogens with two attached hydrogens (primary N) is 1. The first-order valence-corrected chi connectivity index (χ1v) is 5.44. The molecule has 0 unspecified atom stereocenters. The SMILES string of the molecule is CN(CCC(F)(F)F)Cc1ccccc1CN. The summed E-state index contributed by atoms with van der Waals surface area (Å²) in [5, 5.41) is 0. The maximum atomic E-state index is 12.1. The fourth-order valence-electron chi connectivity index (χ4n) is 1.60. The Bertz CT molecular complexity index is 350. The van der Waals surface area contributed by atoms with Gasteiger partial charge in [0.25, 0.3) is 0 Å². The van der Waals surface area contributed by atoms with Crippen LogP contribution < -0.4 is 5.73 Å². The molecule has 0 saturated heterocycles. The third-order valence-electron chi connectivity index (χ3n) is 2.56. The second kappa shape index (κ2) is 6.02. The summed E-state index contributed by atoms with van der Waals surface area (Å²) in [7, 11) is 1.68. The van der Waals surface area contributed by atoms with Crippen LogP contribution in [0.2, 0.25) is 0 Å². The van der Waals surface area contributed by atoms with Crippen LogP contribution in [0.1, 0.15) is 17.5 Å². The molecule has 2 N–H and O–H groups in total. The van der Waals surface area contributed by atoms with Crippen molar-refractivity contribution in [1.82, 2.24) is 4.90 Å². The molecule has 1 aromatic rings. The van der Waals surface area contributed by atoms with Gasteiger partial charge in [0.05, 0.1) is 6.42 Å². The molecule has 0 aliphatic rings. The van der Waals surface area contributed by atoms with Crippen LogP contribution in [0.5, 0.6) is 0 Å². The molecule has 96 valence electrons. The molecule has 0 amide bonds. The molecule has 0 aromatic heterocycles. The largest absolute Gasteiger partial charge is 0.390 e. The van der Waals surface area contributed by atoms with Crippen LogP contribution in [0.25, 0.3) is 0 Å². The summed E-state index contributed by atoms with van der Waals surface area (Å²) in [6.07, 6.45) is -4.88. The Balaban J connectivity index is 2.53. The maximum Gasteiger partial charge on any atom is 0.390 e. The minimum Gasteiger partial charge on any atom is -0.326 e. The van der Waals surface area contributed by atoms with Crippen LogP contribution in [0.3, 0.4) is 0 Å². The van der Waals surface area contributed by atoms with Crippen molar-refractivity contribution in [2.24, 2.45) is 5.73 Å². The predicted octanol–water partition coefficient (Wildman–Crippen LogP) is 2.53. The van der Waals surface area contributed by atoms with Crippen LogP contribution in [0.4, 0.5) is 13.2 Å². The van der Waals surface area contributed by atoms with Crippen molar-refractivity contribution >= 4 is 0 Å². The number of hydrogen-bond donors (Lipinski definition) is 1. The monoisotopic (exact) mass is 246 g/mol. The first-order chi connectivity index (χ1) is 7.92. The average molecular weight is 246 g/mol. The fourth-order valence-corrected chi connectivity index (χ4v) is 1.60. The van der Waals surface area contributed by atoms with Crippen molar-refractivity contribution in [1.29, 1.82) is 0 Å². The molecular formula is C12H17F3N2. The van der Waals surface area contributed by atoms with Gasteiger partial charge in [-0.2, -0.15) is 13.2 Å². The Hall–Kier alpha value is -1.07. The number of halogens is 3. The topological polar surface area (TPSA) is 29.3 Å². The quantitative estimate of drug-likeness (QED) is 0.865. The van der Waals surface area contributed by atoms with E-state index in [1.807, 2.05) is 24.3 Å². The van der Waals surface area contributed by atoms with Gasteiger partial charge in [0.2, 0.25) is 0 Å². The van der Waals surface area contributed by atoms with E-state index in [-0.39, 0.29) is 6.54 Å². The summed E-state index contributed by atoms with van der Waals surface area (Å²) >= 11 is 0. The molecule has 17 heavy (non-hydrogen) atoms. The smallest absolute Gasteiger partial charge is 0.326 e. The zero-order valence-electron chi connectivity index (χ0n) is 9.80. The minimum atomic E-state index is -4.10. The van der Waals surface area contributed by atoms with Gasteiger partial charge in [-0.3, -0.25) is 0 Å². The molecule has 0 aliphatic carbocycles. The molecule has 5 heteroatoms. The standard InChI is InChI=1S/C12H17F3N2/c1-17(7-6-12(13,14)15)9-11-5-3-2-4-10(11)8-16/h2-5H,6-9,16H2,1H3. The van der Waals surface area contributed by atoms with Crippen molar-refractivity contribution < 1.29 is 13.2 Å².